The third kappa shape index (κ3) is 2.75. The van der Waals surface area contributed by atoms with Gasteiger partial charge in [0.25, 0.3) is 0 Å². The van der Waals surface area contributed by atoms with Gasteiger partial charge in [-0.3, -0.25) is 4.79 Å². The van der Waals surface area contributed by atoms with E-state index in [-0.39, 0.29) is 22.6 Å². The first kappa shape index (κ1) is 13.5. The molecule has 1 heterocycles. The van der Waals surface area contributed by atoms with Gasteiger partial charge in [0.2, 0.25) is 5.91 Å². The predicted molar refractivity (Wildman–Crippen MR) is 64.3 cm³/mol. The molecule has 0 saturated carbocycles. The zero-order valence-corrected chi connectivity index (χ0v) is 11.5. The molecule has 16 heavy (non-hydrogen) atoms. The van der Waals surface area contributed by atoms with E-state index in [4.69, 9.17) is 4.74 Å². The summed E-state index contributed by atoms with van der Waals surface area (Å²) in [6, 6.07) is -0.460. The summed E-state index contributed by atoms with van der Waals surface area (Å²) in [5.74, 6) is -0.269. The smallest absolute Gasteiger partial charge is 0.328 e. The van der Waals surface area contributed by atoms with Crippen molar-refractivity contribution in [3.63, 3.8) is 0 Å². The number of piperidine rings is 1. The largest absolute Gasteiger partial charge is 0.467 e. The number of carbonyl (C=O) groups is 2. The van der Waals surface area contributed by atoms with Crippen LogP contribution in [0.5, 0.6) is 0 Å². The van der Waals surface area contributed by atoms with Gasteiger partial charge in [-0.1, -0.05) is 29.8 Å². The molecule has 5 heteroatoms. The van der Waals surface area contributed by atoms with E-state index in [2.05, 4.69) is 15.9 Å². The molecule has 0 aromatic carbocycles. The highest BCUT2D eigenvalue weighted by atomic mass is 79.9. The maximum atomic E-state index is 12.0. The molecular weight excluding hydrogens is 274 g/mol. The Morgan fingerprint density at radius 2 is 2.19 bits per heavy atom. The number of methoxy groups -OCH3 is 1. The second kappa shape index (κ2) is 5.66. The Kier molecular flexibility index (Phi) is 4.77. The molecule has 1 fully saturated rings. The summed E-state index contributed by atoms with van der Waals surface area (Å²) in [5.41, 5.74) is 0. The lowest BCUT2D eigenvalue weighted by Crippen LogP contribution is -2.53. The van der Waals surface area contributed by atoms with Gasteiger partial charge in [-0.2, -0.15) is 0 Å². The molecule has 0 N–H and O–H groups in total. The molecule has 2 unspecified atom stereocenters. The molecule has 0 radical (unpaired) electrons. The van der Waals surface area contributed by atoms with E-state index in [1.54, 1.807) is 4.90 Å². The SMILES string of the molecule is COC(=O)C(C(C)C)N1CCCC(Br)C1=O. The maximum Gasteiger partial charge on any atom is 0.328 e. The van der Waals surface area contributed by atoms with E-state index in [1.807, 2.05) is 13.8 Å². The molecule has 1 saturated heterocycles. The van der Waals surface area contributed by atoms with Crippen LogP contribution in [0.4, 0.5) is 0 Å². The number of halogens is 1. The average molecular weight is 292 g/mol. The first-order valence-corrected chi connectivity index (χ1v) is 6.43. The van der Waals surface area contributed by atoms with E-state index >= 15 is 0 Å². The summed E-state index contributed by atoms with van der Waals surface area (Å²) in [6.45, 7) is 4.48. The van der Waals surface area contributed by atoms with Gasteiger partial charge in [0.1, 0.15) is 6.04 Å². The van der Waals surface area contributed by atoms with Crippen molar-refractivity contribution in [2.75, 3.05) is 13.7 Å². The zero-order chi connectivity index (χ0) is 12.3. The third-order valence-electron chi connectivity index (χ3n) is 2.82. The zero-order valence-electron chi connectivity index (χ0n) is 9.90. The van der Waals surface area contributed by atoms with Crippen LogP contribution in [-0.2, 0) is 14.3 Å². The molecule has 0 bridgehead atoms. The molecule has 0 spiro atoms. The van der Waals surface area contributed by atoms with Crippen molar-refractivity contribution < 1.29 is 14.3 Å². The van der Waals surface area contributed by atoms with Crippen LogP contribution in [0, 0.1) is 5.92 Å². The number of hydrogen-bond acceptors (Lipinski definition) is 3. The summed E-state index contributed by atoms with van der Waals surface area (Å²) in [6.07, 6.45) is 1.75. The topological polar surface area (TPSA) is 46.6 Å². The fraction of sp³-hybridized carbons (Fsp3) is 0.818. The van der Waals surface area contributed by atoms with E-state index in [0.717, 1.165) is 12.8 Å². The quantitative estimate of drug-likeness (QED) is 0.586. The van der Waals surface area contributed by atoms with Crippen molar-refractivity contribution in [1.29, 1.82) is 0 Å². The summed E-state index contributed by atoms with van der Waals surface area (Å²) in [4.78, 5) is 25.1. The van der Waals surface area contributed by atoms with Crippen molar-refractivity contribution in [2.24, 2.45) is 5.92 Å². The van der Waals surface area contributed by atoms with Crippen molar-refractivity contribution in [3.8, 4) is 0 Å². The van der Waals surface area contributed by atoms with Crippen LogP contribution < -0.4 is 0 Å². The van der Waals surface area contributed by atoms with Crippen LogP contribution in [0.2, 0.25) is 0 Å². The van der Waals surface area contributed by atoms with Crippen LogP contribution in [-0.4, -0.2) is 41.3 Å². The minimum atomic E-state index is -0.460. The molecule has 4 nitrogen and oxygen atoms in total. The van der Waals surface area contributed by atoms with Crippen LogP contribution >= 0.6 is 15.9 Å². The highest BCUT2D eigenvalue weighted by molar-refractivity contribution is 9.10. The summed E-state index contributed by atoms with van der Waals surface area (Å²) < 4.78 is 4.76. The molecule has 1 aliphatic heterocycles. The Balaban J connectivity index is 2.85. The Morgan fingerprint density at radius 3 is 2.69 bits per heavy atom. The summed E-state index contributed by atoms with van der Waals surface area (Å²) >= 11 is 3.34. The van der Waals surface area contributed by atoms with E-state index < -0.39 is 6.04 Å². The van der Waals surface area contributed by atoms with Crippen LogP contribution in [0.3, 0.4) is 0 Å². The predicted octanol–water partition coefficient (Wildman–Crippen LogP) is 1.57. The lowest BCUT2D eigenvalue weighted by molar-refractivity contribution is -0.155. The number of esters is 1. The minimum Gasteiger partial charge on any atom is -0.467 e. The lowest BCUT2D eigenvalue weighted by Gasteiger charge is -2.36. The number of nitrogens with zero attached hydrogens (tertiary/aromatic N) is 1. The van der Waals surface area contributed by atoms with Crippen LogP contribution in [0.25, 0.3) is 0 Å². The number of likely N-dealkylation sites (tertiary alicyclic amines) is 1. The van der Waals surface area contributed by atoms with Gasteiger partial charge in [0, 0.05) is 6.54 Å². The number of alkyl halides is 1. The van der Waals surface area contributed by atoms with E-state index in [9.17, 15) is 9.59 Å². The number of carbonyl (C=O) groups excluding carboxylic acids is 2. The fourth-order valence-electron chi connectivity index (χ4n) is 2.01. The third-order valence-corrected chi connectivity index (χ3v) is 3.67. The molecule has 0 aromatic heterocycles. The Labute approximate surface area is 104 Å². The average Bonchev–Trinajstić information content (AvgIpc) is 2.24. The van der Waals surface area contributed by atoms with Gasteiger partial charge in [0.05, 0.1) is 11.9 Å². The molecule has 1 aliphatic rings. The maximum absolute atomic E-state index is 12.0. The number of amides is 1. The highest BCUT2D eigenvalue weighted by Crippen LogP contribution is 2.23. The Hall–Kier alpha value is -0.580. The van der Waals surface area contributed by atoms with Crippen molar-refractivity contribution >= 4 is 27.8 Å². The number of hydrogen-bond donors (Lipinski definition) is 0. The van der Waals surface area contributed by atoms with E-state index in [0.29, 0.717) is 6.54 Å². The first-order valence-electron chi connectivity index (χ1n) is 5.51. The first-order chi connectivity index (χ1) is 7.49. The fourth-order valence-corrected chi connectivity index (χ4v) is 2.60. The molecule has 0 aliphatic carbocycles. The Morgan fingerprint density at radius 1 is 1.56 bits per heavy atom. The van der Waals surface area contributed by atoms with Crippen molar-refractivity contribution in [2.45, 2.75) is 37.6 Å². The number of ether oxygens (including phenoxy) is 1. The molecular formula is C11H18BrNO3. The monoisotopic (exact) mass is 291 g/mol. The van der Waals surface area contributed by atoms with Gasteiger partial charge < -0.3 is 9.64 Å². The van der Waals surface area contributed by atoms with Crippen molar-refractivity contribution in [1.82, 2.24) is 4.90 Å². The second-order valence-electron chi connectivity index (χ2n) is 4.35. The number of rotatable bonds is 3. The second-order valence-corrected chi connectivity index (χ2v) is 5.46. The van der Waals surface area contributed by atoms with E-state index in [1.165, 1.54) is 7.11 Å². The van der Waals surface area contributed by atoms with Gasteiger partial charge >= 0.3 is 5.97 Å². The van der Waals surface area contributed by atoms with Gasteiger partial charge in [-0.25, -0.2) is 4.79 Å². The minimum absolute atomic E-state index is 0.00431. The molecule has 1 rings (SSSR count). The standard InChI is InChI=1S/C11H18BrNO3/c1-7(2)9(11(15)16-3)13-6-4-5-8(12)10(13)14/h7-9H,4-6H2,1-3H3. The van der Waals surface area contributed by atoms with Crippen molar-refractivity contribution in [3.05, 3.63) is 0 Å². The normalized spacial score (nSPS) is 23.4. The van der Waals surface area contributed by atoms with Crippen LogP contribution in [0.1, 0.15) is 26.7 Å². The van der Waals surface area contributed by atoms with Gasteiger partial charge in [-0.15, -0.1) is 0 Å². The molecule has 92 valence electrons. The van der Waals surface area contributed by atoms with Crippen LogP contribution in [0.15, 0.2) is 0 Å². The summed E-state index contributed by atoms with van der Waals surface area (Å²) in [7, 11) is 1.36. The van der Waals surface area contributed by atoms with Gasteiger partial charge in [-0.05, 0) is 18.8 Å². The Bertz CT molecular complexity index is 280. The molecule has 1 amide bonds. The summed E-state index contributed by atoms with van der Waals surface area (Å²) in [5, 5.41) is 0. The van der Waals surface area contributed by atoms with Gasteiger partial charge in [0.15, 0.2) is 0 Å². The molecule has 0 aromatic rings. The highest BCUT2D eigenvalue weighted by Gasteiger charge is 2.37. The lowest BCUT2D eigenvalue weighted by atomic mass is 9.99. The molecule has 2 atom stereocenters.